The number of aromatic nitrogens is 4. The molecule has 1 aliphatic rings. The van der Waals surface area contributed by atoms with Crippen molar-refractivity contribution in [1.82, 2.24) is 19.3 Å². The summed E-state index contributed by atoms with van der Waals surface area (Å²) in [7, 11) is 0. The molecule has 1 amide bonds. The Kier molecular flexibility index (Phi) is 5.20. The highest BCUT2D eigenvalue weighted by molar-refractivity contribution is 7.99. The van der Waals surface area contributed by atoms with E-state index in [1.807, 2.05) is 31.2 Å². The SMILES string of the molecule is Cc1ccccc1-n1ncc2c(=O)n3c(nc21)SCC3CC(=O)Nc1ccc(F)c(F)c1F. The topological polar surface area (TPSA) is 81.8 Å². The zero-order valence-electron chi connectivity index (χ0n) is 17.2. The number of thioether (sulfide) groups is 1. The molecule has 11 heteroatoms. The Labute approximate surface area is 189 Å². The zero-order valence-corrected chi connectivity index (χ0v) is 18.0. The number of benzene rings is 2. The molecule has 0 aliphatic carbocycles. The van der Waals surface area contributed by atoms with Crippen LogP contribution in [0.5, 0.6) is 0 Å². The molecule has 1 atom stereocenters. The summed E-state index contributed by atoms with van der Waals surface area (Å²) >= 11 is 1.32. The van der Waals surface area contributed by atoms with Crippen LogP contribution in [-0.4, -0.2) is 31.0 Å². The lowest BCUT2D eigenvalue weighted by molar-refractivity contribution is -0.116. The van der Waals surface area contributed by atoms with E-state index in [0.717, 1.165) is 23.4 Å². The molecule has 1 unspecified atom stereocenters. The van der Waals surface area contributed by atoms with E-state index in [9.17, 15) is 22.8 Å². The van der Waals surface area contributed by atoms with Crippen molar-refractivity contribution in [3.05, 3.63) is 76.0 Å². The van der Waals surface area contributed by atoms with Crippen LogP contribution in [0, 0.1) is 24.4 Å². The van der Waals surface area contributed by atoms with E-state index in [-0.39, 0.29) is 12.0 Å². The van der Waals surface area contributed by atoms with Crippen molar-refractivity contribution in [2.24, 2.45) is 0 Å². The van der Waals surface area contributed by atoms with E-state index < -0.39 is 35.1 Å². The van der Waals surface area contributed by atoms with Gasteiger partial charge in [-0.1, -0.05) is 30.0 Å². The van der Waals surface area contributed by atoms with Crippen molar-refractivity contribution >= 4 is 34.4 Å². The van der Waals surface area contributed by atoms with Crippen LogP contribution in [-0.2, 0) is 4.79 Å². The molecule has 7 nitrogen and oxygen atoms in total. The molecule has 2 aromatic carbocycles. The normalized spacial score (nSPS) is 15.1. The molecule has 2 aromatic heterocycles. The fourth-order valence-corrected chi connectivity index (χ4v) is 4.93. The number of anilines is 1. The Morgan fingerprint density at radius 2 is 1.97 bits per heavy atom. The van der Waals surface area contributed by atoms with Gasteiger partial charge in [0.2, 0.25) is 5.91 Å². The Morgan fingerprint density at radius 1 is 1.18 bits per heavy atom. The molecule has 168 valence electrons. The van der Waals surface area contributed by atoms with Crippen LogP contribution in [0.4, 0.5) is 18.9 Å². The summed E-state index contributed by atoms with van der Waals surface area (Å²) < 4.78 is 43.5. The minimum atomic E-state index is -1.66. The molecule has 0 radical (unpaired) electrons. The minimum absolute atomic E-state index is 0.169. The average Bonchev–Trinajstić information content (AvgIpc) is 3.39. The predicted molar refractivity (Wildman–Crippen MR) is 117 cm³/mol. The van der Waals surface area contributed by atoms with Crippen LogP contribution >= 0.6 is 11.8 Å². The lowest BCUT2D eigenvalue weighted by Crippen LogP contribution is -2.28. The van der Waals surface area contributed by atoms with Gasteiger partial charge < -0.3 is 5.32 Å². The number of hydrogen-bond acceptors (Lipinski definition) is 5. The van der Waals surface area contributed by atoms with Gasteiger partial charge in [0.15, 0.2) is 28.3 Å². The number of carbonyl (C=O) groups excluding carboxylic acids is 1. The number of nitrogens with one attached hydrogen (secondary N) is 1. The van der Waals surface area contributed by atoms with Gasteiger partial charge in [0.1, 0.15) is 5.39 Å². The first-order chi connectivity index (χ1) is 15.8. The van der Waals surface area contributed by atoms with Crippen molar-refractivity contribution in [3.8, 4) is 5.69 Å². The van der Waals surface area contributed by atoms with Crippen LogP contribution < -0.4 is 10.9 Å². The number of amides is 1. The molecule has 1 N–H and O–H groups in total. The second-order valence-corrected chi connectivity index (χ2v) is 8.58. The van der Waals surface area contributed by atoms with Crippen LogP contribution in [0.1, 0.15) is 18.0 Å². The third-order valence-corrected chi connectivity index (χ3v) is 6.54. The number of aryl methyl sites for hydroxylation is 1. The van der Waals surface area contributed by atoms with Crippen molar-refractivity contribution in [3.63, 3.8) is 0 Å². The van der Waals surface area contributed by atoms with Gasteiger partial charge in [-0.15, -0.1) is 0 Å². The predicted octanol–water partition coefficient (Wildman–Crippen LogP) is 3.98. The van der Waals surface area contributed by atoms with Crippen molar-refractivity contribution in [2.45, 2.75) is 24.5 Å². The maximum Gasteiger partial charge on any atom is 0.265 e. The molecular weight excluding hydrogens is 455 g/mol. The van der Waals surface area contributed by atoms with E-state index in [4.69, 9.17) is 0 Å². The highest BCUT2D eigenvalue weighted by Gasteiger charge is 2.30. The summed E-state index contributed by atoms with van der Waals surface area (Å²) in [5.74, 6) is -4.72. The first-order valence-corrected chi connectivity index (χ1v) is 11.0. The van der Waals surface area contributed by atoms with Gasteiger partial charge in [-0.25, -0.2) is 22.8 Å². The molecule has 33 heavy (non-hydrogen) atoms. The Hall–Kier alpha value is -3.60. The van der Waals surface area contributed by atoms with Gasteiger partial charge in [-0.2, -0.15) is 5.10 Å². The molecular formula is C22H16F3N5O2S. The van der Waals surface area contributed by atoms with Gasteiger partial charge >= 0.3 is 0 Å². The van der Waals surface area contributed by atoms with Crippen molar-refractivity contribution in [1.29, 1.82) is 0 Å². The van der Waals surface area contributed by atoms with E-state index in [0.29, 0.717) is 21.9 Å². The average molecular weight is 471 g/mol. The number of nitrogens with zero attached hydrogens (tertiary/aromatic N) is 4. The van der Waals surface area contributed by atoms with E-state index in [1.54, 1.807) is 4.68 Å². The Bertz CT molecular complexity index is 1480. The second kappa shape index (κ2) is 8.07. The smallest absolute Gasteiger partial charge is 0.265 e. The van der Waals surface area contributed by atoms with Gasteiger partial charge in [0.05, 0.1) is 23.6 Å². The first kappa shape index (κ1) is 21.3. The summed E-state index contributed by atoms with van der Waals surface area (Å²) in [5, 5.41) is 7.33. The highest BCUT2D eigenvalue weighted by Crippen LogP contribution is 2.34. The summed E-state index contributed by atoms with van der Waals surface area (Å²) in [6.45, 7) is 1.93. The van der Waals surface area contributed by atoms with Gasteiger partial charge in [-0.3, -0.25) is 14.2 Å². The summed E-state index contributed by atoms with van der Waals surface area (Å²) in [6.07, 6.45) is 1.28. The van der Waals surface area contributed by atoms with Crippen molar-refractivity contribution in [2.75, 3.05) is 11.1 Å². The fourth-order valence-electron chi connectivity index (χ4n) is 3.80. The maximum absolute atomic E-state index is 13.9. The summed E-state index contributed by atoms with van der Waals surface area (Å²) in [5.41, 5.74) is 1.39. The van der Waals surface area contributed by atoms with Crippen LogP contribution in [0.15, 0.2) is 52.5 Å². The molecule has 3 heterocycles. The van der Waals surface area contributed by atoms with Crippen molar-refractivity contribution < 1.29 is 18.0 Å². The standard InChI is InChI=1S/C22H16F3N5O2S/c1-11-4-2-3-5-16(11)30-20-13(9-26-30)21(32)29-12(10-33-22(29)28-20)8-17(31)27-15-7-6-14(23)18(24)19(15)25/h2-7,9,12H,8,10H2,1H3,(H,27,31). The third kappa shape index (κ3) is 3.58. The van der Waals surface area contributed by atoms with Crippen LogP contribution in [0.3, 0.4) is 0 Å². The number of para-hydroxylation sites is 1. The second-order valence-electron chi connectivity index (χ2n) is 7.59. The molecule has 0 spiro atoms. The zero-order chi connectivity index (χ0) is 23.3. The monoisotopic (exact) mass is 471 g/mol. The van der Waals surface area contributed by atoms with E-state index in [1.165, 1.54) is 22.5 Å². The number of hydrogen-bond donors (Lipinski definition) is 1. The lowest BCUT2D eigenvalue weighted by Gasteiger charge is -2.14. The largest absolute Gasteiger partial charge is 0.323 e. The van der Waals surface area contributed by atoms with Gasteiger partial charge in [0, 0.05) is 12.2 Å². The molecule has 0 saturated carbocycles. The van der Waals surface area contributed by atoms with E-state index in [2.05, 4.69) is 15.4 Å². The third-order valence-electron chi connectivity index (χ3n) is 5.44. The quantitative estimate of drug-likeness (QED) is 0.360. The van der Waals surface area contributed by atoms with Crippen LogP contribution in [0.2, 0.25) is 0 Å². The number of fused-ring (bicyclic) bond motifs is 2. The van der Waals surface area contributed by atoms with E-state index >= 15 is 0 Å². The Morgan fingerprint density at radius 3 is 2.76 bits per heavy atom. The van der Waals surface area contributed by atoms with Gasteiger partial charge in [-0.05, 0) is 30.7 Å². The molecule has 4 aromatic rings. The summed E-state index contributed by atoms with van der Waals surface area (Å²) in [4.78, 5) is 30.3. The number of carbonyl (C=O) groups is 1. The molecule has 1 aliphatic heterocycles. The molecule has 0 bridgehead atoms. The van der Waals surface area contributed by atoms with Crippen LogP contribution in [0.25, 0.3) is 16.7 Å². The molecule has 5 rings (SSSR count). The van der Waals surface area contributed by atoms with Gasteiger partial charge in [0.25, 0.3) is 5.56 Å². The summed E-state index contributed by atoms with van der Waals surface area (Å²) in [6, 6.07) is 8.72. The molecule has 0 fully saturated rings. The first-order valence-electron chi connectivity index (χ1n) is 9.97. The lowest BCUT2D eigenvalue weighted by atomic mass is 10.2. The number of halogens is 3. The Balaban J connectivity index is 1.45. The highest BCUT2D eigenvalue weighted by atomic mass is 32.2. The fraction of sp³-hybridized carbons (Fsp3) is 0.182. The minimum Gasteiger partial charge on any atom is -0.323 e. The maximum atomic E-state index is 13.9. The number of rotatable bonds is 4. The molecule has 0 saturated heterocycles.